The Balaban J connectivity index is 2.27. The van der Waals surface area contributed by atoms with Crippen molar-refractivity contribution in [1.29, 1.82) is 0 Å². The average molecular weight is 205 g/mol. The van der Waals surface area contributed by atoms with Crippen LogP contribution in [0.2, 0.25) is 0 Å². The summed E-state index contributed by atoms with van der Waals surface area (Å²) in [5.74, 6) is 1.89. The molecule has 0 saturated carbocycles. The molecule has 0 spiro atoms. The lowest BCUT2D eigenvalue weighted by Crippen LogP contribution is -2.08. The van der Waals surface area contributed by atoms with Gasteiger partial charge in [0.1, 0.15) is 5.82 Å². The maximum atomic E-state index is 4.35. The predicted molar refractivity (Wildman–Crippen MR) is 58.8 cm³/mol. The number of hydrogen-bond donors (Lipinski definition) is 1. The van der Waals surface area contributed by atoms with Crippen LogP contribution in [0.4, 0.5) is 5.95 Å². The van der Waals surface area contributed by atoms with Crippen LogP contribution in [0.3, 0.4) is 0 Å². The summed E-state index contributed by atoms with van der Waals surface area (Å²) in [5.41, 5.74) is 1.01. The molecule has 0 amide bonds. The van der Waals surface area contributed by atoms with Crippen molar-refractivity contribution in [2.24, 2.45) is 7.05 Å². The molecule has 1 N–H and O–H groups in total. The average Bonchev–Trinajstić information content (AvgIpc) is 2.75. The molecule has 15 heavy (non-hydrogen) atoms. The van der Waals surface area contributed by atoms with Crippen LogP contribution in [0.15, 0.2) is 18.6 Å². The summed E-state index contributed by atoms with van der Waals surface area (Å²) in [7, 11) is 3.86. The van der Waals surface area contributed by atoms with Gasteiger partial charge in [-0.05, 0) is 6.92 Å². The van der Waals surface area contributed by atoms with Crippen molar-refractivity contribution in [3.8, 4) is 0 Å². The number of aromatic nitrogens is 4. The zero-order valence-corrected chi connectivity index (χ0v) is 9.23. The lowest BCUT2D eigenvalue weighted by atomic mass is 10.5. The van der Waals surface area contributed by atoms with E-state index in [-0.39, 0.29) is 0 Å². The van der Waals surface area contributed by atoms with E-state index in [4.69, 9.17) is 0 Å². The molecule has 0 bridgehead atoms. The Morgan fingerprint density at radius 3 is 2.87 bits per heavy atom. The van der Waals surface area contributed by atoms with Crippen LogP contribution in [0.5, 0.6) is 0 Å². The smallest absolute Gasteiger partial charge is 0.203 e. The van der Waals surface area contributed by atoms with Crippen LogP contribution in [0.25, 0.3) is 0 Å². The van der Waals surface area contributed by atoms with Gasteiger partial charge in [-0.15, -0.1) is 0 Å². The van der Waals surface area contributed by atoms with Crippen molar-refractivity contribution in [1.82, 2.24) is 19.1 Å². The van der Waals surface area contributed by atoms with E-state index in [1.54, 1.807) is 6.20 Å². The molecule has 5 heteroatoms. The van der Waals surface area contributed by atoms with Gasteiger partial charge in [0.15, 0.2) is 0 Å². The first-order valence-electron chi connectivity index (χ1n) is 4.88. The third-order valence-electron chi connectivity index (χ3n) is 2.35. The zero-order valence-electron chi connectivity index (χ0n) is 9.23. The fourth-order valence-corrected chi connectivity index (χ4v) is 1.57. The van der Waals surface area contributed by atoms with E-state index in [1.165, 1.54) is 0 Å². The maximum absolute atomic E-state index is 4.35. The minimum atomic E-state index is 0.737. The minimum absolute atomic E-state index is 0.737. The minimum Gasteiger partial charge on any atom is -0.359 e. The highest BCUT2D eigenvalue weighted by molar-refractivity contribution is 5.28. The molecule has 0 aromatic carbocycles. The van der Waals surface area contributed by atoms with Gasteiger partial charge in [-0.2, -0.15) is 0 Å². The Kier molecular flexibility index (Phi) is 2.45. The topological polar surface area (TPSA) is 47.7 Å². The van der Waals surface area contributed by atoms with Crippen LogP contribution < -0.4 is 5.32 Å². The molecule has 0 fully saturated rings. The Labute approximate surface area is 88.8 Å². The molecule has 0 aliphatic heterocycles. The summed E-state index contributed by atoms with van der Waals surface area (Å²) in [4.78, 5) is 8.64. The second kappa shape index (κ2) is 3.76. The number of imidazole rings is 2. The molecular formula is C10H15N5. The second-order valence-corrected chi connectivity index (χ2v) is 3.54. The van der Waals surface area contributed by atoms with Crippen molar-refractivity contribution >= 4 is 5.95 Å². The van der Waals surface area contributed by atoms with Gasteiger partial charge in [0.25, 0.3) is 0 Å². The fourth-order valence-electron chi connectivity index (χ4n) is 1.57. The van der Waals surface area contributed by atoms with Gasteiger partial charge in [-0.1, -0.05) is 0 Å². The molecule has 0 unspecified atom stereocenters. The lowest BCUT2D eigenvalue weighted by Gasteiger charge is -2.06. The van der Waals surface area contributed by atoms with Crippen LogP contribution in [0.1, 0.15) is 11.5 Å². The van der Waals surface area contributed by atoms with Crippen molar-refractivity contribution in [3.05, 3.63) is 30.1 Å². The zero-order chi connectivity index (χ0) is 10.8. The molecule has 2 aromatic rings. The molecular weight excluding hydrogens is 190 g/mol. The summed E-state index contributed by atoms with van der Waals surface area (Å²) in [6.45, 7) is 2.72. The summed E-state index contributed by atoms with van der Waals surface area (Å²) in [5, 5.41) is 3.06. The summed E-state index contributed by atoms with van der Waals surface area (Å²) >= 11 is 0. The van der Waals surface area contributed by atoms with E-state index in [2.05, 4.69) is 19.9 Å². The molecule has 80 valence electrons. The maximum Gasteiger partial charge on any atom is 0.203 e. The van der Waals surface area contributed by atoms with Crippen molar-refractivity contribution < 1.29 is 0 Å². The summed E-state index contributed by atoms with van der Waals surface area (Å²) in [6.07, 6.45) is 5.76. The van der Waals surface area contributed by atoms with Crippen LogP contribution in [-0.2, 0) is 13.6 Å². The first kappa shape index (κ1) is 9.76. The molecule has 0 aliphatic rings. The van der Waals surface area contributed by atoms with Crippen molar-refractivity contribution in [2.75, 3.05) is 12.4 Å². The van der Waals surface area contributed by atoms with Gasteiger partial charge in [-0.3, -0.25) is 0 Å². The molecule has 0 atom stereocenters. The lowest BCUT2D eigenvalue weighted by molar-refractivity contribution is 0.704. The number of nitrogens with zero attached hydrogens (tertiary/aromatic N) is 4. The van der Waals surface area contributed by atoms with E-state index >= 15 is 0 Å². The standard InChI is InChI=1S/C10H15N5/c1-8-6-15(10(11-2)13-8)7-9-12-4-5-14(9)3/h4-6H,7H2,1-3H3,(H,11,13). The predicted octanol–water partition coefficient (Wildman–Crippen LogP) is 1.02. The quantitative estimate of drug-likeness (QED) is 0.813. The molecule has 2 heterocycles. The van der Waals surface area contributed by atoms with Gasteiger partial charge in [0.05, 0.1) is 12.2 Å². The number of rotatable bonds is 3. The van der Waals surface area contributed by atoms with Gasteiger partial charge < -0.3 is 14.5 Å². The number of hydrogen-bond acceptors (Lipinski definition) is 3. The number of aryl methyl sites for hydroxylation is 2. The van der Waals surface area contributed by atoms with Gasteiger partial charge in [0, 0.05) is 32.7 Å². The highest BCUT2D eigenvalue weighted by Gasteiger charge is 2.06. The van der Waals surface area contributed by atoms with Gasteiger partial charge >= 0.3 is 0 Å². The third-order valence-corrected chi connectivity index (χ3v) is 2.35. The van der Waals surface area contributed by atoms with Crippen LogP contribution in [0, 0.1) is 6.92 Å². The Morgan fingerprint density at radius 1 is 1.47 bits per heavy atom. The fraction of sp³-hybridized carbons (Fsp3) is 0.400. The van der Waals surface area contributed by atoms with E-state index in [9.17, 15) is 0 Å². The second-order valence-electron chi connectivity index (χ2n) is 3.54. The Hall–Kier alpha value is -1.78. The van der Waals surface area contributed by atoms with E-state index in [0.29, 0.717) is 0 Å². The van der Waals surface area contributed by atoms with Gasteiger partial charge in [0.2, 0.25) is 5.95 Å². The van der Waals surface area contributed by atoms with Crippen molar-refractivity contribution in [3.63, 3.8) is 0 Å². The normalized spacial score (nSPS) is 10.6. The largest absolute Gasteiger partial charge is 0.359 e. The Bertz CT molecular complexity index is 454. The first-order chi connectivity index (χ1) is 7.20. The van der Waals surface area contributed by atoms with Gasteiger partial charge in [-0.25, -0.2) is 9.97 Å². The van der Waals surface area contributed by atoms with Crippen LogP contribution >= 0.6 is 0 Å². The summed E-state index contributed by atoms with van der Waals surface area (Å²) in [6, 6.07) is 0. The highest BCUT2D eigenvalue weighted by Crippen LogP contribution is 2.09. The van der Waals surface area contributed by atoms with E-state index in [0.717, 1.165) is 24.0 Å². The number of nitrogens with one attached hydrogen (secondary N) is 1. The first-order valence-corrected chi connectivity index (χ1v) is 4.88. The number of anilines is 1. The SMILES string of the molecule is CNc1nc(C)cn1Cc1nccn1C. The highest BCUT2D eigenvalue weighted by atomic mass is 15.2. The molecule has 2 aromatic heterocycles. The molecule has 5 nitrogen and oxygen atoms in total. The Morgan fingerprint density at radius 2 is 2.27 bits per heavy atom. The third kappa shape index (κ3) is 1.86. The summed E-state index contributed by atoms with van der Waals surface area (Å²) < 4.78 is 4.06. The molecule has 2 rings (SSSR count). The molecule has 0 saturated heterocycles. The molecule has 0 radical (unpaired) electrons. The monoisotopic (exact) mass is 205 g/mol. The van der Waals surface area contributed by atoms with E-state index in [1.807, 2.05) is 38.0 Å². The van der Waals surface area contributed by atoms with Crippen molar-refractivity contribution in [2.45, 2.75) is 13.5 Å². The van der Waals surface area contributed by atoms with Crippen LogP contribution in [-0.4, -0.2) is 26.1 Å². The molecule has 0 aliphatic carbocycles. The van der Waals surface area contributed by atoms with E-state index < -0.39 is 0 Å².